The van der Waals surface area contributed by atoms with Crippen molar-refractivity contribution in [1.82, 2.24) is 18.9 Å². The van der Waals surface area contributed by atoms with Crippen molar-refractivity contribution in [3.8, 4) is 0 Å². The number of amides is 2. The van der Waals surface area contributed by atoms with Crippen LogP contribution in [0.4, 0.5) is 4.39 Å². The molecule has 0 radical (unpaired) electrons. The van der Waals surface area contributed by atoms with Crippen LogP contribution in [0.3, 0.4) is 0 Å². The van der Waals surface area contributed by atoms with Crippen molar-refractivity contribution in [1.29, 1.82) is 0 Å². The number of carbonyl (C=O) groups is 2. The Morgan fingerprint density at radius 3 is 2.54 bits per heavy atom. The monoisotopic (exact) mass is 560 g/mol. The molecule has 0 fully saturated rings. The molecule has 1 aromatic heterocycles. The summed E-state index contributed by atoms with van der Waals surface area (Å²) in [6.45, 7) is 2.05. The molecule has 2 aromatic carbocycles. The third-order valence-corrected chi connectivity index (χ3v) is 7.79. The molecule has 0 saturated heterocycles. The summed E-state index contributed by atoms with van der Waals surface area (Å²) in [4.78, 5) is 43.3. The van der Waals surface area contributed by atoms with Gasteiger partial charge in [-0.05, 0) is 46.6 Å². The number of halogens is 3. The van der Waals surface area contributed by atoms with Crippen LogP contribution in [0.1, 0.15) is 39.0 Å². The van der Waals surface area contributed by atoms with Gasteiger partial charge < -0.3 is 9.80 Å². The Bertz CT molecular complexity index is 1370. The molecule has 0 bridgehead atoms. The fraction of sp³-hybridized carbons (Fsp3) is 0.320. The van der Waals surface area contributed by atoms with E-state index in [0.29, 0.717) is 20.8 Å². The number of rotatable bonds is 3. The molecule has 2 amide bonds. The topological polar surface area (TPSA) is 67.6 Å². The van der Waals surface area contributed by atoms with Gasteiger partial charge in [0.2, 0.25) is 0 Å². The van der Waals surface area contributed by atoms with Gasteiger partial charge in [0.25, 0.3) is 11.8 Å². The molecule has 0 spiro atoms. The summed E-state index contributed by atoms with van der Waals surface area (Å²) < 4.78 is 18.4. The van der Waals surface area contributed by atoms with Gasteiger partial charge in [0, 0.05) is 29.2 Å². The molecular formula is C25H23BrClFN4O3. The lowest BCUT2D eigenvalue weighted by molar-refractivity contribution is 0.0600. The molecule has 2 aliphatic rings. The minimum Gasteiger partial charge on any atom is -0.330 e. The van der Waals surface area contributed by atoms with E-state index < -0.39 is 17.8 Å². The van der Waals surface area contributed by atoms with Crippen LogP contribution in [0.15, 0.2) is 57.8 Å². The van der Waals surface area contributed by atoms with Gasteiger partial charge in [0.05, 0.1) is 30.4 Å². The molecule has 0 aliphatic carbocycles. The van der Waals surface area contributed by atoms with Gasteiger partial charge >= 0.3 is 5.69 Å². The van der Waals surface area contributed by atoms with E-state index in [9.17, 15) is 18.8 Å². The molecule has 0 N–H and O–H groups in total. The van der Waals surface area contributed by atoms with Gasteiger partial charge in [0.1, 0.15) is 11.9 Å². The van der Waals surface area contributed by atoms with Crippen LogP contribution in [-0.4, -0.2) is 49.5 Å². The second kappa shape index (κ2) is 9.28. The summed E-state index contributed by atoms with van der Waals surface area (Å²) in [5.41, 5.74) is 1.45. The van der Waals surface area contributed by atoms with Crippen molar-refractivity contribution in [3.05, 3.63) is 91.0 Å². The molecule has 35 heavy (non-hydrogen) atoms. The molecule has 3 heterocycles. The second-order valence-electron chi connectivity index (χ2n) is 8.98. The first-order valence-corrected chi connectivity index (χ1v) is 12.5. The average Bonchev–Trinajstić information content (AvgIpc) is 3.02. The Balaban J connectivity index is 1.52. The van der Waals surface area contributed by atoms with Crippen LogP contribution >= 0.6 is 27.5 Å². The summed E-state index contributed by atoms with van der Waals surface area (Å²) in [5.74, 6) is -0.662. The lowest BCUT2D eigenvalue weighted by Gasteiger charge is -2.34. The third kappa shape index (κ3) is 4.31. The zero-order valence-corrected chi connectivity index (χ0v) is 21.3. The Morgan fingerprint density at radius 1 is 1.09 bits per heavy atom. The molecule has 182 valence electrons. The van der Waals surface area contributed by atoms with Crippen LogP contribution in [0.5, 0.6) is 0 Å². The van der Waals surface area contributed by atoms with Crippen molar-refractivity contribution >= 4 is 39.3 Å². The maximum absolute atomic E-state index is 14.9. The number of carbonyl (C=O) groups excluding carboxylic acids is 2. The van der Waals surface area contributed by atoms with Gasteiger partial charge in [-0.15, -0.1) is 0 Å². The SMILES string of the molecule is C[C@H]1Cn2c(c3n(c2=O)C[C@@H](F)CN(Cc2ccccc2)C3=O)CN1C(=O)c1ccc(Br)c(Cl)c1. The zero-order chi connectivity index (χ0) is 24.9. The van der Waals surface area contributed by atoms with Gasteiger partial charge in [-0.2, -0.15) is 0 Å². The number of fused-ring (bicyclic) bond motifs is 3. The third-order valence-electron chi connectivity index (χ3n) is 6.56. The minimum atomic E-state index is -1.38. The maximum Gasteiger partial charge on any atom is 0.329 e. The highest BCUT2D eigenvalue weighted by molar-refractivity contribution is 9.10. The van der Waals surface area contributed by atoms with Gasteiger partial charge in [-0.3, -0.25) is 18.7 Å². The quantitative estimate of drug-likeness (QED) is 0.484. The lowest BCUT2D eigenvalue weighted by atomic mass is 10.1. The first-order chi connectivity index (χ1) is 16.7. The van der Waals surface area contributed by atoms with Crippen molar-refractivity contribution in [2.75, 3.05) is 6.54 Å². The van der Waals surface area contributed by atoms with Crippen molar-refractivity contribution in [3.63, 3.8) is 0 Å². The number of alkyl halides is 1. The van der Waals surface area contributed by atoms with E-state index in [0.717, 1.165) is 5.56 Å². The van der Waals surface area contributed by atoms with Crippen LogP contribution in [0.25, 0.3) is 0 Å². The first kappa shape index (κ1) is 23.8. The van der Waals surface area contributed by atoms with Gasteiger partial charge in [-0.1, -0.05) is 41.9 Å². The zero-order valence-electron chi connectivity index (χ0n) is 19.0. The number of hydrogen-bond acceptors (Lipinski definition) is 3. The largest absolute Gasteiger partial charge is 0.330 e. The van der Waals surface area contributed by atoms with E-state index in [-0.39, 0.29) is 50.4 Å². The number of imidazole rings is 1. The minimum absolute atomic E-state index is 0.0626. The Morgan fingerprint density at radius 2 is 1.83 bits per heavy atom. The first-order valence-electron chi connectivity index (χ1n) is 11.3. The Kier molecular flexibility index (Phi) is 6.31. The number of hydrogen-bond donors (Lipinski definition) is 0. The number of nitrogens with zero attached hydrogens (tertiary/aromatic N) is 4. The standard InChI is InChI=1S/C25H23BrClFN4O3/c1-15-10-31-21(14-30(15)23(33)17-7-8-19(26)20(27)9-17)22-24(34)29(11-16-5-3-2-4-6-16)12-18(28)13-32(22)25(31)35/h2-9,15,18H,10-14H2,1H3/t15-,18-/m0/s1. The highest BCUT2D eigenvalue weighted by atomic mass is 79.9. The van der Waals surface area contributed by atoms with E-state index in [4.69, 9.17) is 11.6 Å². The Hall–Kier alpha value is -2.91. The van der Waals surface area contributed by atoms with E-state index in [1.54, 1.807) is 23.1 Å². The summed E-state index contributed by atoms with van der Waals surface area (Å²) in [6, 6.07) is 14.0. The van der Waals surface area contributed by atoms with Gasteiger partial charge in [0.15, 0.2) is 0 Å². The molecule has 3 aromatic rings. The highest BCUT2D eigenvalue weighted by Crippen LogP contribution is 2.28. The maximum atomic E-state index is 14.9. The summed E-state index contributed by atoms with van der Waals surface area (Å²) in [6.07, 6.45) is -1.38. The molecule has 10 heteroatoms. The number of aromatic nitrogens is 2. The van der Waals surface area contributed by atoms with Crippen molar-refractivity contribution in [2.24, 2.45) is 0 Å². The fourth-order valence-electron chi connectivity index (χ4n) is 4.81. The highest BCUT2D eigenvalue weighted by Gasteiger charge is 2.38. The smallest absolute Gasteiger partial charge is 0.329 e. The van der Waals surface area contributed by atoms with E-state index in [1.807, 2.05) is 37.3 Å². The lowest BCUT2D eigenvalue weighted by Crippen LogP contribution is -2.47. The molecule has 7 nitrogen and oxygen atoms in total. The second-order valence-corrected chi connectivity index (χ2v) is 10.2. The molecule has 2 aliphatic heterocycles. The average molecular weight is 562 g/mol. The fourth-order valence-corrected chi connectivity index (χ4v) is 5.24. The molecule has 5 rings (SSSR count). The summed E-state index contributed by atoms with van der Waals surface area (Å²) in [5, 5.41) is 0.413. The molecule has 0 saturated carbocycles. The molecule has 2 atom stereocenters. The van der Waals surface area contributed by atoms with E-state index in [2.05, 4.69) is 15.9 Å². The van der Waals surface area contributed by atoms with Crippen LogP contribution in [0, 0.1) is 0 Å². The summed E-state index contributed by atoms with van der Waals surface area (Å²) in [7, 11) is 0. The molecule has 0 unspecified atom stereocenters. The van der Waals surface area contributed by atoms with Gasteiger partial charge in [-0.25, -0.2) is 9.18 Å². The van der Waals surface area contributed by atoms with E-state index in [1.165, 1.54) is 14.0 Å². The van der Waals surface area contributed by atoms with Crippen LogP contribution in [-0.2, 0) is 26.2 Å². The Labute approximate surface area is 214 Å². The normalized spacial score (nSPS) is 19.8. The van der Waals surface area contributed by atoms with E-state index >= 15 is 0 Å². The number of benzene rings is 2. The predicted octanol–water partition coefficient (Wildman–Crippen LogP) is 4.10. The molecular weight excluding hydrogens is 539 g/mol. The van der Waals surface area contributed by atoms with Crippen LogP contribution < -0.4 is 5.69 Å². The predicted molar refractivity (Wildman–Crippen MR) is 133 cm³/mol. The van der Waals surface area contributed by atoms with Crippen molar-refractivity contribution in [2.45, 2.75) is 45.3 Å². The van der Waals surface area contributed by atoms with Crippen molar-refractivity contribution < 1.29 is 14.0 Å². The summed E-state index contributed by atoms with van der Waals surface area (Å²) >= 11 is 9.52. The van der Waals surface area contributed by atoms with Crippen LogP contribution in [0.2, 0.25) is 5.02 Å².